The topological polar surface area (TPSA) is 29.5 Å². The van der Waals surface area contributed by atoms with Crippen molar-refractivity contribution in [2.24, 2.45) is 0 Å². The zero-order valence-electron chi connectivity index (χ0n) is 10.5. The van der Waals surface area contributed by atoms with Gasteiger partial charge in [0.2, 0.25) is 0 Å². The van der Waals surface area contributed by atoms with E-state index < -0.39 is 6.10 Å². The van der Waals surface area contributed by atoms with Crippen LogP contribution < -0.4 is 4.74 Å². The van der Waals surface area contributed by atoms with Gasteiger partial charge in [-0.05, 0) is 29.7 Å². The van der Waals surface area contributed by atoms with Crippen molar-refractivity contribution in [1.29, 1.82) is 0 Å². The van der Waals surface area contributed by atoms with Crippen molar-refractivity contribution in [2.75, 3.05) is 6.61 Å². The van der Waals surface area contributed by atoms with Gasteiger partial charge in [-0.15, -0.1) is 0 Å². The Labute approximate surface area is 108 Å². The van der Waals surface area contributed by atoms with Gasteiger partial charge >= 0.3 is 0 Å². The lowest BCUT2D eigenvalue weighted by molar-refractivity contribution is 0.108. The molecule has 0 saturated heterocycles. The summed E-state index contributed by atoms with van der Waals surface area (Å²) in [5, 5.41) is 9.96. The summed E-state index contributed by atoms with van der Waals surface area (Å²) in [5.41, 5.74) is 2.16. The first kappa shape index (κ1) is 12.7. The molecular formula is C16H18O2. The van der Waals surface area contributed by atoms with Gasteiger partial charge in [-0.25, -0.2) is 0 Å². The normalized spacial score (nSPS) is 12.1. The number of hydrogen-bond donors (Lipinski definition) is 1. The number of rotatable bonds is 5. The highest BCUT2D eigenvalue weighted by molar-refractivity contribution is 5.27. The summed E-state index contributed by atoms with van der Waals surface area (Å²) in [6.07, 6.45) is 0.435. The lowest BCUT2D eigenvalue weighted by Gasteiger charge is -2.12. The van der Waals surface area contributed by atoms with Crippen LogP contribution in [0.25, 0.3) is 0 Å². The molecule has 0 aliphatic carbocycles. The summed E-state index contributed by atoms with van der Waals surface area (Å²) in [6.45, 7) is 2.39. The standard InChI is InChI=1S/C16H18O2/c1-2-13-8-10-15(11-9-13)18-12-16(17)14-6-4-3-5-7-14/h3-11,16-17H,2,12H2,1H3. The molecule has 2 aromatic carbocycles. The third-order valence-corrected chi connectivity index (χ3v) is 2.92. The molecule has 94 valence electrons. The summed E-state index contributed by atoms with van der Waals surface area (Å²) in [6, 6.07) is 17.5. The molecule has 0 fully saturated rings. The Bertz CT molecular complexity index is 462. The zero-order chi connectivity index (χ0) is 12.8. The molecular weight excluding hydrogens is 224 g/mol. The van der Waals surface area contributed by atoms with Crippen molar-refractivity contribution in [1.82, 2.24) is 0 Å². The van der Waals surface area contributed by atoms with Gasteiger partial charge in [0.1, 0.15) is 18.5 Å². The zero-order valence-corrected chi connectivity index (χ0v) is 10.5. The molecule has 2 heteroatoms. The van der Waals surface area contributed by atoms with Crippen LogP contribution in [0.1, 0.15) is 24.2 Å². The molecule has 0 spiro atoms. The molecule has 0 saturated carbocycles. The summed E-state index contributed by atoms with van der Waals surface area (Å²) in [5.74, 6) is 0.794. The molecule has 18 heavy (non-hydrogen) atoms. The van der Waals surface area contributed by atoms with Gasteiger partial charge < -0.3 is 9.84 Å². The van der Waals surface area contributed by atoms with Crippen LogP contribution in [0.3, 0.4) is 0 Å². The molecule has 0 heterocycles. The largest absolute Gasteiger partial charge is 0.491 e. The quantitative estimate of drug-likeness (QED) is 0.871. The second kappa shape index (κ2) is 6.22. The van der Waals surface area contributed by atoms with Crippen LogP contribution >= 0.6 is 0 Å². The van der Waals surface area contributed by atoms with Gasteiger partial charge in [0.25, 0.3) is 0 Å². The Morgan fingerprint density at radius 1 is 1.00 bits per heavy atom. The average molecular weight is 242 g/mol. The lowest BCUT2D eigenvalue weighted by Crippen LogP contribution is -2.09. The number of aliphatic hydroxyl groups is 1. The maximum absolute atomic E-state index is 9.96. The van der Waals surface area contributed by atoms with Crippen molar-refractivity contribution in [2.45, 2.75) is 19.4 Å². The van der Waals surface area contributed by atoms with Crippen LogP contribution in [-0.2, 0) is 6.42 Å². The molecule has 1 N–H and O–H groups in total. The van der Waals surface area contributed by atoms with Gasteiger partial charge in [-0.2, -0.15) is 0 Å². The van der Waals surface area contributed by atoms with E-state index in [0.717, 1.165) is 17.7 Å². The van der Waals surface area contributed by atoms with E-state index in [1.807, 2.05) is 54.6 Å². The van der Waals surface area contributed by atoms with Crippen LogP contribution in [0.15, 0.2) is 54.6 Å². The number of ether oxygens (including phenoxy) is 1. The van der Waals surface area contributed by atoms with Crippen LogP contribution in [-0.4, -0.2) is 11.7 Å². The van der Waals surface area contributed by atoms with E-state index in [2.05, 4.69) is 6.92 Å². The minimum Gasteiger partial charge on any atom is -0.491 e. The van der Waals surface area contributed by atoms with E-state index in [0.29, 0.717) is 0 Å². The smallest absolute Gasteiger partial charge is 0.119 e. The third kappa shape index (κ3) is 3.34. The van der Waals surface area contributed by atoms with E-state index in [1.54, 1.807) is 0 Å². The Hall–Kier alpha value is -1.80. The molecule has 2 rings (SSSR count). The molecule has 0 aliphatic rings. The molecule has 0 bridgehead atoms. The number of aryl methyl sites for hydroxylation is 1. The highest BCUT2D eigenvalue weighted by Crippen LogP contribution is 2.17. The molecule has 0 aliphatic heterocycles. The number of hydrogen-bond acceptors (Lipinski definition) is 2. The Balaban J connectivity index is 1.91. The maximum atomic E-state index is 9.96. The summed E-state index contributed by atoms with van der Waals surface area (Å²) >= 11 is 0. The minimum atomic E-state index is -0.586. The number of benzene rings is 2. The SMILES string of the molecule is CCc1ccc(OCC(O)c2ccccc2)cc1. The predicted molar refractivity (Wildman–Crippen MR) is 72.7 cm³/mol. The molecule has 1 unspecified atom stereocenters. The fourth-order valence-electron chi connectivity index (χ4n) is 1.77. The average Bonchev–Trinajstić information content (AvgIpc) is 2.46. The van der Waals surface area contributed by atoms with Gasteiger partial charge in [0, 0.05) is 0 Å². The first-order chi connectivity index (χ1) is 8.79. The molecule has 2 aromatic rings. The minimum absolute atomic E-state index is 0.273. The highest BCUT2D eigenvalue weighted by atomic mass is 16.5. The lowest BCUT2D eigenvalue weighted by atomic mass is 10.1. The second-order valence-electron chi connectivity index (χ2n) is 4.23. The Morgan fingerprint density at radius 2 is 1.67 bits per heavy atom. The van der Waals surface area contributed by atoms with E-state index in [1.165, 1.54) is 5.56 Å². The van der Waals surface area contributed by atoms with Crippen molar-refractivity contribution in [3.8, 4) is 5.75 Å². The second-order valence-corrected chi connectivity index (χ2v) is 4.23. The molecule has 0 aromatic heterocycles. The van der Waals surface area contributed by atoms with E-state index in [-0.39, 0.29) is 6.61 Å². The van der Waals surface area contributed by atoms with Crippen LogP contribution in [0, 0.1) is 0 Å². The molecule has 1 atom stereocenters. The highest BCUT2D eigenvalue weighted by Gasteiger charge is 2.07. The van der Waals surface area contributed by atoms with E-state index in [4.69, 9.17) is 4.74 Å². The third-order valence-electron chi connectivity index (χ3n) is 2.92. The van der Waals surface area contributed by atoms with Crippen molar-refractivity contribution >= 4 is 0 Å². The Morgan fingerprint density at radius 3 is 2.28 bits per heavy atom. The molecule has 0 amide bonds. The van der Waals surface area contributed by atoms with Gasteiger partial charge in [-0.3, -0.25) is 0 Å². The molecule has 2 nitrogen and oxygen atoms in total. The monoisotopic (exact) mass is 242 g/mol. The summed E-state index contributed by atoms with van der Waals surface area (Å²) in [7, 11) is 0. The fourth-order valence-corrected chi connectivity index (χ4v) is 1.77. The summed E-state index contributed by atoms with van der Waals surface area (Å²) in [4.78, 5) is 0. The molecule has 0 radical (unpaired) electrons. The van der Waals surface area contributed by atoms with Crippen molar-refractivity contribution < 1.29 is 9.84 Å². The van der Waals surface area contributed by atoms with Gasteiger partial charge in [0.15, 0.2) is 0 Å². The van der Waals surface area contributed by atoms with Crippen molar-refractivity contribution in [3.63, 3.8) is 0 Å². The van der Waals surface area contributed by atoms with Crippen LogP contribution in [0.4, 0.5) is 0 Å². The first-order valence-electron chi connectivity index (χ1n) is 6.24. The van der Waals surface area contributed by atoms with E-state index in [9.17, 15) is 5.11 Å². The van der Waals surface area contributed by atoms with Gasteiger partial charge in [0.05, 0.1) is 0 Å². The van der Waals surface area contributed by atoms with Crippen LogP contribution in [0.2, 0.25) is 0 Å². The predicted octanol–water partition coefficient (Wildman–Crippen LogP) is 3.36. The van der Waals surface area contributed by atoms with Gasteiger partial charge in [-0.1, -0.05) is 49.4 Å². The maximum Gasteiger partial charge on any atom is 0.119 e. The van der Waals surface area contributed by atoms with E-state index >= 15 is 0 Å². The Kier molecular flexibility index (Phi) is 4.37. The van der Waals surface area contributed by atoms with Crippen LogP contribution in [0.5, 0.6) is 5.75 Å². The first-order valence-corrected chi connectivity index (χ1v) is 6.24. The fraction of sp³-hybridized carbons (Fsp3) is 0.250. The number of aliphatic hydroxyl groups excluding tert-OH is 1. The summed E-state index contributed by atoms with van der Waals surface area (Å²) < 4.78 is 5.57. The van der Waals surface area contributed by atoms with Crippen molar-refractivity contribution in [3.05, 3.63) is 65.7 Å².